The summed E-state index contributed by atoms with van der Waals surface area (Å²) in [6.07, 6.45) is 0.639. The Morgan fingerprint density at radius 2 is 2.07 bits per heavy atom. The number of aromatic nitrogens is 2. The highest BCUT2D eigenvalue weighted by Crippen LogP contribution is 2.27. The van der Waals surface area contributed by atoms with Crippen LogP contribution in [0, 0.1) is 5.82 Å². The highest BCUT2D eigenvalue weighted by molar-refractivity contribution is 9.10. The summed E-state index contributed by atoms with van der Waals surface area (Å²) in [6, 6.07) is 5.48. The van der Waals surface area contributed by atoms with E-state index in [0.717, 1.165) is 4.68 Å². The molecule has 2 heterocycles. The van der Waals surface area contributed by atoms with E-state index in [2.05, 4.69) is 21.0 Å². The summed E-state index contributed by atoms with van der Waals surface area (Å²) >= 11 is 3.20. The SMILES string of the molecule is CC[C@H](N)C1(O)CN(C(=O)c2nn(C)c(=O)cc2Cc2ccc(Br)cc2F)C1. The number of benzene rings is 1. The maximum Gasteiger partial charge on any atom is 0.274 e. The number of amides is 1. The first-order chi connectivity index (χ1) is 13.1. The Morgan fingerprint density at radius 3 is 2.68 bits per heavy atom. The zero-order valence-electron chi connectivity index (χ0n) is 15.7. The van der Waals surface area contributed by atoms with Gasteiger partial charge in [-0.25, -0.2) is 9.07 Å². The lowest BCUT2D eigenvalue weighted by atomic mass is 9.84. The number of aliphatic hydroxyl groups is 1. The van der Waals surface area contributed by atoms with Gasteiger partial charge in [0, 0.05) is 30.0 Å². The average Bonchev–Trinajstić information content (AvgIpc) is 2.62. The van der Waals surface area contributed by atoms with Crippen LogP contribution in [-0.2, 0) is 13.5 Å². The van der Waals surface area contributed by atoms with Gasteiger partial charge in [-0.15, -0.1) is 0 Å². The van der Waals surface area contributed by atoms with Crippen LogP contribution < -0.4 is 11.3 Å². The first-order valence-corrected chi connectivity index (χ1v) is 9.72. The lowest BCUT2D eigenvalue weighted by Gasteiger charge is -2.49. The van der Waals surface area contributed by atoms with Crippen molar-refractivity contribution >= 4 is 21.8 Å². The topological polar surface area (TPSA) is 101 Å². The van der Waals surface area contributed by atoms with Crippen molar-refractivity contribution in [1.29, 1.82) is 0 Å². The molecule has 1 aromatic heterocycles. The Balaban J connectivity index is 1.90. The number of aryl methyl sites for hydroxylation is 1. The van der Waals surface area contributed by atoms with Gasteiger partial charge in [-0.1, -0.05) is 28.9 Å². The molecule has 9 heteroatoms. The Morgan fingerprint density at radius 1 is 1.39 bits per heavy atom. The van der Waals surface area contributed by atoms with E-state index in [-0.39, 0.29) is 25.2 Å². The van der Waals surface area contributed by atoms with Crippen LogP contribution in [0.1, 0.15) is 35.0 Å². The minimum atomic E-state index is -1.12. The van der Waals surface area contributed by atoms with Crippen LogP contribution in [0.2, 0.25) is 0 Å². The second kappa shape index (κ2) is 7.73. The molecular weight excluding hydrogens is 431 g/mol. The second-order valence-corrected chi connectivity index (χ2v) is 8.09. The molecule has 1 saturated heterocycles. The van der Waals surface area contributed by atoms with Crippen LogP contribution in [-0.4, -0.2) is 50.4 Å². The van der Waals surface area contributed by atoms with Gasteiger partial charge in [-0.3, -0.25) is 9.59 Å². The molecule has 0 spiro atoms. The molecule has 1 aromatic carbocycles. The van der Waals surface area contributed by atoms with E-state index in [1.165, 1.54) is 24.1 Å². The van der Waals surface area contributed by atoms with Crippen LogP contribution in [0.15, 0.2) is 33.5 Å². The minimum absolute atomic E-state index is 0.0514. The number of likely N-dealkylation sites (tertiary alicyclic amines) is 1. The number of nitrogens with two attached hydrogens (primary N) is 1. The molecule has 150 valence electrons. The first kappa shape index (κ1) is 20.6. The molecule has 1 fully saturated rings. The zero-order chi connectivity index (χ0) is 20.6. The molecule has 0 saturated carbocycles. The third-order valence-corrected chi connectivity index (χ3v) is 5.61. The lowest BCUT2D eigenvalue weighted by molar-refractivity contribution is -0.0973. The molecule has 0 unspecified atom stereocenters. The second-order valence-electron chi connectivity index (χ2n) is 7.17. The summed E-state index contributed by atoms with van der Waals surface area (Å²) in [6.45, 7) is 2.06. The maximum absolute atomic E-state index is 14.2. The summed E-state index contributed by atoms with van der Waals surface area (Å²) in [5, 5.41) is 14.6. The predicted octanol–water partition coefficient (Wildman–Crippen LogP) is 1.20. The van der Waals surface area contributed by atoms with Crippen molar-refractivity contribution in [3.05, 3.63) is 61.7 Å². The van der Waals surface area contributed by atoms with Crippen LogP contribution in [0.5, 0.6) is 0 Å². The molecule has 0 bridgehead atoms. The molecule has 0 radical (unpaired) electrons. The van der Waals surface area contributed by atoms with Crippen molar-refractivity contribution in [2.75, 3.05) is 13.1 Å². The summed E-state index contributed by atoms with van der Waals surface area (Å²) < 4.78 is 15.9. The van der Waals surface area contributed by atoms with Crippen LogP contribution in [0.4, 0.5) is 4.39 Å². The fraction of sp³-hybridized carbons (Fsp3) is 0.421. The van der Waals surface area contributed by atoms with Crippen LogP contribution in [0.25, 0.3) is 0 Å². The molecular formula is C19H22BrFN4O3. The zero-order valence-corrected chi connectivity index (χ0v) is 17.2. The summed E-state index contributed by atoms with van der Waals surface area (Å²) in [4.78, 5) is 26.4. The van der Waals surface area contributed by atoms with Crippen LogP contribution >= 0.6 is 15.9 Å². The fourth-order valence-corrected chi connectivity index (χ4v) is 3.62. The molecule has 28 heavy (non-hydrogen) atoms. The standard InChI is InChI=1S/C19H22BrFN4O3/c1-3-15(22)19(28)9-25(10-19)18(27)17-12(7-16(26)24(2)23-17)6-11-4-5-13(20)8-14(11)21/h4-5,7-8,15,28H,3,6,9-10,22H2,1-2H3/t15-/m0/s1. The number of carbonyl (C=O) groups excluding carboxylic acids is 1. The smallest absolute Gasteiger partial charge is 0.274 e. The fourth-order valence-electron chi connectivity index (χ4n) is 3.28. The Labute approximate surface area is 170 Å². The van der Waals surface area contributed by atoms with E-state index < -0.39 is 28.9 Å². The van der Waals surface area contributed by atoms with E-state index in [0.29, 0.717) is 22.0 Å². The number of rotatable bonds is 5. The number of nitrogens with zero attached hydrogens (tertiary/aromatic N) is 3. The number of β-amino-alcohol motifs (C(OH)–C–C–N with tert-alkyl or cyclic N) is 1. The summed E-state index contributed by atoms with van der Waals surface area (Å²) in [5.74, 6) is -0.864. The lowest BCUT2D eigenvalue weighted by Crippen LogP contribution is -2.70. The molecule has 1 aliphatic rings. The highest BCUT2D eigenvalue weighted by Gasteiger charge is 2.48. The van der Waals surface area contributed by atoms with Crippen molar-refractivity contribution in [3.8, 4) is 0 Å². The van der Waals surface area contributed by atoms with E-state index in [1.807, 2.05) is 6.92 Å². The van der Waals surface area contributed by atoms with Crippen molar-refractivity contribution < 1.29 is 14.3 Å². The Bertz CT molecular complexity index is 972. The predicted molar refractivity (Wildman–Crippen MR) is 106 cm³/mol. The average molecular weight is 453 g/mol. The summed E-state index contributed by atoms with van der Waals surface area (Å²) in [5.41, 5.74) is 5.16. The first-order valence-electron chi connectivity index (χ1n) is 8.93. The molecule has 1 amide bonds. The van der Waals surface area contributed by atoms with Gasteiger partial charge in [0.25, 0.3) is 11.5 Å². The van der Waals surface area contributed by atoms with Crippen molar-refractivity contribution in [3.63, 3.8) is 0 Å². The van der Waals surface area contributed by atoms with Gasteiger partial charge >= 0.3 is 0 Å². The number of hydrogen-bond donors (Lipinski definition) is 2. The van der Waals surface area contributed by atoms with Gasteiger partial charge in [-0.2, -0.15) is 5.10 Å². The molecule has 3 rings (SSSR count). The van der Waals surface area contributed by atoms with Crippen molar-refractivity contribution in [2.24, 2.45) is 12.8 Å². The summed E-state index contributed by atoms with van der Waals surface area (Å²) in [7, 11) is 1.45. The van der Waals surface area contributed by atoms with E-state index in [4.69, 9.17) is 5.73 Å². The quantitative estimate of drug-likeness (QED) is 0.709. The Hall–Kier alpha value is -2.10. The molecule has 3 N–H and O–H groups in total. The van der Waals surface area contributed by atoms with Gasteiger partial charge in [0.1, 0.15) is 11.4 Å². The van der Waals surface area contributed by atoms with Crippen molar-refractivity contribution in [2.45, 2.75) is 31.4 Å². The highest BCUT2D eigenvalue weighted by atomic mass is 79.9. The monoisotopic (exact) mass is 452 g/mol. The number of carbonyl (C=O) groups is 1. The van der Waals surface area contributed by atoms with Crippen LogP contribution in [0.3, 0.4) is 0 Å². The van der Waals surface area contributed by atoms with Gasteiger partial charge in [0.05, 0.1) is 13.1 Å². The molecule has 1 aliphatic heterocycles. The third kappa shape index (κ3) is 3.87. The van der Waals surface area contributed by atoms with E-state index in [1.54, 1.807) is 12.1 Å². The molecule has 7 nitrogen and oxygen atoms in total. The number of halogens is 2. The largest absolute Gasteiger partial charge is 0.385 e. The van der Waals surface area contributed by atoms with E-state index in [9.17, 15) is 19.1 Å². The van der Waals surface area contributed by atoms with E-state index >= 15 is 0 Å². The minimum Gasteiger partial charge on any atom is -0.385 e. The third-order valence-electron chi connectivity index (χ3n) is 5.12. The van der Waals surface area contributed by atoms with Gasteiger partial charge in [0.15, 0.2) is 5.69 Å². The normalized spacial score (nSPS) is 16.6. The van der Waals surface area contributed by atoms with Gasteiger partial charge in [-0.05, 0) is 29.7 Å². The van der Waals surface area contributed by atoms with Gasteiger partial charge < -0.3 is 15.7 Å². The number of hydrogen-bond acceptors (Lipinski definition) is 5. The molecule has 2 aromatic rings. The Kier molecular flexibility index (Phi) is 5.69. The molecule has 0 aliphatic carbocycles. The van der Waals surface area contributed by atoms with Gasteiger partial charge in [0.2, 0.25) is 0 Å². The molecule has 1 atom stereocenters. The maximum atomic E-state index is 14.2. The van der Waals surface area contributed by atoms with Crippen molar-refractivity contribution in [1.82, 2.24) is 14.7 Å².